The zero-order valence-corrected chi connectivity index (χ0v) is 16.8. The van der Waals surface area contributed by atoms with E-state index < -0.39 is 10.0 Å². The molecule has 0 atom stereocenters. The van der Waals surface area contributed by atoms with Crippen molar-refractivity contribution in [1.82, 2.24) is 19.8 Å². The average Bonchev–Trinajstić information content (AvgIpc) is 3.12. The second kappa shape index (κ2) is 8.34. The van der Waals surface area contributed by atoms with Gasteiger partial charge in [-0.05, 0) is 37.8 Å². The van der Waals surface area contributed by atoms with Gasteiger partial charge in [0.1, 0.15) is 17.6 Å². The van der Waals surface area contributed by atoms with E-state index in [1.807, 2.05) is 12.1 Å². The van der Waals surface area contributed by atoms with Crippen LogP contribution in [0.4, 0.5) is 0 Å². The van der Waals surface area contributed by atoms with Gasteiger partial charge in [-0.3, -0.25) is 4.98 Å². The Bertz CT molecular complexity index is 1080. The zero-order valence-electron chi connectivity index (χ0n) is 15.9. The summed E-state index contributed by atoms with van der Waals surface area (Å²) in [7, 11) is -2.01. The molecule has 0 saturated heterocycles. The minimum Gasteiger partial charge on any atom is -0.480 e. The van der Waals surface area contributed by atoms with Gasteiger partial charge in [-0.1, -0.05) is 17.3 Å². The fourth-order valence-corrected chi connectivity index (χ4v) is 4.87. The number of nitrogens with zero attached hydrogens (tertiary/aromatic N) is 3. The predicted molar refractivity (Wildman–Crippen MR) is 105 cm³/mol. The number of sulfonamides is 1. The summed E-state index contributed by atoms with van der Waals surface area (Å²) in [5.41, 5.74) is 0.998. The van der Waals surface area contributed by atoms with Crippen molar-refractivity contribution >= 4 is 21.0 Å². The molecule has 29 heavy (non-hydrogen) atoms. The second-order valence-corrected chi connectivity index (χ2v) is 8.75. The fourth-order valence-electron chi connectivity index (χ4n) is 3.47. The van der Waals surface area contributed by atoms with Gasteiger partial charge in [0.05, 0.1) is 19.5 Å². The number of aromatic nitrogens is 3. The molecule has 1 aliphatic rings. The van der Waals surface area contributed by atoms with Crippen molar-refractivity contribution in [2.75, 3.05) is 7.11 Å². The average molecular weight is 418 g/mol. The number of benzene rings is 1. The molecule has 0 amide bonds. The van der Waals surface area contributed by atoms with Crippen LogP contribution in [0.5, 0.6) is 11.8 Å². The highest BCUT2D eigenvalue weighted by Gasteiger charge is 2.27. The summed E-state index contributed by atoms with van der Waals surface area (Å²) in [5.74, 6) is 0.593. The van der Waals surface area contributed by atoms with Gasteiger partial charge in [-0.2, -0.15) is 4.98 Å². The molecule has 154 valence electrons. The number of ether oxygens (including phenoxy) is 2. The number of rotatable bonds is 7. The van der Waals surface area contributed by atoms with Crippen LogP contribution in [0.1, 0.15) is 31.4 Å². The summed E-state index contributed by atoms with van der Waals surface area (Å²) < 4.78 is 44.1. The number of methoxy groups -OCH3 is 1. The van der Waals surface area contributed by atoms with E-state index in [-0.39, 0.29) is 17.9 Å². The topological polar surface area (TPSA) is 116 Å². The van der Waals surface area contributed by atoms with E-state index in [4.69, 9.17) is 14.0 Å². The lowest BCUT2D eigenvalue weighted by Gasteiger charge is -2.28. The normalized spacial score (nSPS) is 19.9. The van der Waals surface area contributed by atoms with E-state index >= 15 is 0 Å². The van der Waals surface area contributed by atoms with Crippen molar-refractivity contribution in [2.24, 2.45) is 0 Å². The second-order valence-electron chi connectivity index (χ2n) is 6.99. The van der Waals surface area contributed by atoms with E-state index in [1.165, 1.54) is 13.3 Å². The van der Waals surface area contributed by atoms with Gasteiger partial charge in [0, 0.05) is 11.4 Å². The van der Waals surface area contributed by atoms with E-state index in [0.29, 0.717) is 35.9 Å². The van der Waals surface area contributed by atoms with Crippen molar-refractivity contribution in [3.8, 4) is 11.8 Å². The monoisotopic (exact) mass is 418 g/mol. The molecule has 1 aromatic carbocycles. The summed E-state index contributed by atoms with van der Waals surface area (Å²) in [5, 5.41) is 4.63. The molecule has 1 N–H and O–H groups in total. The SMILES string of the molecule is COc1cncc(OC2CCC(NS(=O)(=O)Cc3noc4ccccc34)CC2)n1. The maximum Gasteiger partial charge on any atom is 0.235 e. The van der Waals surface area contributed by atoms with Gasteiger partial charge >= 0.3 is 0 Å². The predicted octanol–water partition coefficient (Wildman–Crippen LogP) is 2.44. The molecule has 1 fully saturated rings. The van der Waals surface area contributed by atoms with Gasteiger partial charge in [0.2, 0.25) is 21.8 Å². The maximum absolute atomic E-state index is 12.6. The standard InChI is InChI=1S/C19H22N4O5S/c1-26-18-10-20-11-19(21-18)27-14-8-6-13(7-9-14)23-29(24,25)12-16-15-4-2-3-5-17(15)28-22-16/h2-5,10-11,13-14,23H,6-9,12H2,1H3. The van der Waals surface area contributed by atoms with E-state index in [2.05, 4.69) is 19.8 Å². The van der Waals surface area contributed by atoms with Gasteiger partial charge in [-0.15, -0.1) is 0 Å². The van der Waals surface area contributed by atoms with Crippen LogP contribution < -0.4 is 14.2 Å². The van der Waals surface area contributed by atoms with Crippen LogP contribution in [0.25, 0.3) is 11.0 Å². The first-order valence-electron chi connectivity index (χ1n) is 9.38. The lowest BCUT2D eigenvalue weighted by molar-refractivity contribution is 0.136. The zero-order chi connectivity index (χ0) is 20.3. The molecule has 3 aromatic rings. The van der Waals surface area contributed by atoms with Crippen molar-refractivity contribution in [1.29, 1.82) is 0 Å². The molecular weight excluding hydrogens is 396 g/mol. The van der Waals surface area contributed by atoms with Gasteiger partial charge in [0.15, 0.2) is 5.58 Å². The quantitative estimate of drug-likeness (QED) is 0.622. The Labute approximate surface area is 168 Å². The van der Waals surface area contributed by atoms with Crippen LogP contribution >= 0.6 is 0 Å². The Kier molecular flexibility index (Phi) is 5.63. The fraction of sp³-hybridized carbons (Fsp3) is 0.421. The molecule has 0 spiro atoms. The molecule has 9 nitrogen and oxygen atoms in total. The third kappa shape index (κ3) is 4.83. The first kappa shape index (κ1) is 19.6. The molecule has 2 aromatic heterocycles. The first-order chi connectivity index (χ1) is 14.0. The summed E-state index contributed by atoms with van der Waals surface area (Å²) in [6.45, 7) is 0. The summed E-state index contributed by atoms with van der Waals surface area (Å²) in [4.78, 5) is 8.22. The Morgan fingerprint density at radius 3 is 2.69 bits per heavy atom. The van der Waals surface area contributed by atoms with Gasteiger partial charge in [-0.25, -0.2) is 13.1 Å². The van der Waals surface area contributed by atoms with Crippen molar-refractivity contribution < 1.29 is 22.4 Å². The molecule has 10 heteroatoms. The van der Waals surface area contributed by atoms with Crippen LogP contribution in [0.2, 0.25) is 0 Å². The Morgan fingerprint density at radius 1 is 1.14 bits per heavy atom. The molecular formula is C19H22N4O5S. The lowest BCUT2D eigenvalue weighted by Crippen LogP contribution is -2.40. The molecule has 0 aliphatic heterocycles. The van der Waals surface area contributed by atoms with E-state index in [1.54, 1.807) is 18.3 Å². The van der Waals surface area contributed by atoms with Crippen LogP contribution in [0.15, 0.2) is 41.2 Å². The largest absolute Gasteiger partial charge is 0.480 e. The summed E-state index contributed by atoms with van der Waals surface area (Å²) in [6, 6.07) is 7.09. The highest BCUT2D eigenvalue weighted by molar-refractivity contribution is 7.88. The van der Waals surface area contributed by atoms with E-state index in [0.717, 1.165) is 18.2 Å². The van der Waals surface area contributed by atoms with Crippen LogP contribution in [-0.4, -0.2) is 42.8 Å². The van der Waals surface area contributed by atoms with Crippen LogP contribution in [0.3, 0.4) is 0 Å². The third-order valence-corrected chi connectivity index (χ3v) is 6.23. The molecule has 0 radical (unpaired) electrons. The Hall–Kier alpha value is -2.72. The number of para-hydroxylation sites is 1. The van der Waals surface area contributed by atoms with Gasteiger partial charge < -0.3 is 14.0 Å². The first-order valence-corrected chi connectivity index (χ1v) is 11.0. The molecule has 1 aliphatic carbocycles. The highest BCUT2D eigenvalue weighted by Crippen LogP contribution is 2.25. The molecule has 1 saturated carbocycles. The number of nitrogens with one attached hydrogen (secondary N) is 1. The minimum absolute atomic E-state index is 0.0309. The van der Waals surface area contributed by atoms with Crippen LogP contribution in [-0.2, 0) is 15.8 Å². The van der Waals surface area contributed by atoms with Gasteiger partial charge in [0.25, 0.3) is 0 Å². The number of hydrogen-bond donors (Lipinski definition) is 1. The van der Waals surface area contributed by atoms with Crippen LogP contribution in [0, 0.1) is 0 Å². The van der Waals surface area contributed by atoms with Crippen molar-refractivity contribution in [2.45, 2.75) is 43.6 Å². The Morgan fingerprint density at radius 2 is 1.90 bits per heavy atom. The molecule has 0 unspecified atom stereocenters. The highest BCUT2D eigenvalue weighted by atomic mass is 32.2. The number of hydrogen-bond acceptors (Lipinski definition) is 8. The molecule has 2 heterocycles. The maximum atomic E-state index is 12.6. The molecule has 4 rings (SSSR count). The third-order valence-electron chi connectivity index (χ3n) is 4.89. The summed E-state index contributed by atoms with van der Waals surface area (Å²) in [6.07, 6.45) is 5.83. The Balaban J connectivity index is 1.31. The summed E-state index contributed by atoms with van der Waals surface area (Å²) >= 11 is 0. The minimum atomic E-state index is -3.53. The van der Waals surface area contributed by atoms with E-state index in [9.17, 15) is 8.42 Å². The smallest absolute Gasteiger partial charge is 0.235 e. The lowest BCUT2D eigenvalue weighted by atomic mass is 9.94. The number of fused-ring (bicyclic) bond motifs is 1. The van der Waals surface area contributed by atoms with Crippen molar-refractivity contribution in [3.63, 3.8) is 0 Å². The molecule has 0 bridgehead atoms. The van der Waals surface area contributed by atoms with Crippen molar-refractivity contribution in [3.05, 3.63) is 42.4 Å².